The van der Waals surface area contributed by atoms with Gasteiger partial charge in [0.25, 0.3) is 10.0 Å². The van der Waals surface area contributed by atoms with Crippen molar-refractivity contribution in [3.8, 4) is 0 Å². The fourth-order valence-corrected chi connectivity index (χ4v) is 2.93. The summed E-state index contributed by atoms with van der Waals surface area (Å²) in [6, 6.07) is 9.66. The Morgan fingerprint density at radius 1 is 1.10 bits per heavy atom. The van der Waals surface area contributed by atoms with E-state index in [2.05, 4.69) is 10.0 Å². The molecule has 0 spiro atoms. The second-order valence-electron chi connectivity index (χ2n) is 4.00. The van der Waals surface area contributed by atoms with Crippen LogP contribution < -0.4 is 10.0 Å². The van der Waals surface area contributed by atoms with Crippen molar-refractivity contribution in [3.05, 3.63) is 53.3 Å². The number of sulfonamides is 1. The van der Waals surface area contributed by atoms with Crippen LogP contribution in [0.25, 0.3) is 0 Å². The molecule has 0 bridgehead atoms. The highest BCUT2D eigenvalue weighted by molar-refractivity contribution is 7.92. The first-order chi connectivity index (χ1) is 9.42. The molecule has 7 heteroatoms. The summed E-state index contributed by atoms with van der Waals surface area (Å²) in [6.07, 6.45) is 0. The summed E-state index contributed by atoms with van der Waals surface area (Å²) < 4.78 is 39.5. The van der Waals surface area contributed by atoms with Crippen molar-refractivity contribution in [2.45, 2.75) is 4.90 Å². The molecule has 0 aliphatic rings. The Hall–Kier alpha value is -1.79. The van der Waals surface area contributed by atoms with E-state index in [1.54, 1.807) is 19.2 Å². The fraction of sp³-hybridized carbons (Fsp3) is 0.0769. The molecule has 106 valence electrons. The van der Waals surface area contributed by atoms with Gasteiger partial charge in [-0.25, -0.2) is 12.8 Å². The van der Waals surface area contributed by atoms with E-state index >= 15 is 0 Å². The fourth-order valence-electron chi connectivity index (χ4n) is 1.58. The lowest BCUT2D eigenvalue weighted by Gasteiger charge is -2.10. The molecule has 0 radical (unpaired) electrons. The molecule has 0 aromatic heterocycles. The van der Waals surface area contributed by atoms with Gasteiger partial charge in [0.05, 0.1) is 15.6 Å². The third-order valence-electron chi connectivity index (χ3n) is 2.63. The van der Waals surface area contributed by atoms with Crippen LogP contribution in [0.2, 0.25) is 5.02 Å². The zero-order valence-corrected chi connectivity index (χ0v) is 12.1. The minimum Gasteiger partial charge on any atom is -0.388 e. The minimum atomic E-state index is -3.76. The van der Waals surface area contributed by atoms with Gasteiger partial charge in [0.2, 0.25) is 0 Å². The first kappa shape index (κ1) is 14.6. The lowest BCUT2D eigenvalue weighted by Crippen LogP contribution is -2.13. The highest BCUT2D eigenvalue weighted by Gasteiger charge is 2.15. The van der Waals surface area contributed by atoms with Crippen molar-refractivity contribution in [3.63, 3.8) is 0 Å². The average molecular weight is 315 g/mol. The Morgan fingerprint density at radius 2 is 1.75 bits per heavy atom. The van der Waals surface area contributed by atoms with Gasteiger partial charge in [0.15, 0.2) is 0 Å². The molecule has 2 aromatic carbocycles. The predicted octanol–water partition coefficient (Wildman–Crippen LogP) is 3.32. The van der Waals surface area contributed by atoms with Crippen molar-refractivity contribution in [2.24, 2.45) is 0 Å². The van der Waals surface area contributed by atoms with E-state index in [-0.39, 0.29) is 15.6 Å². The van der Waals surface area contributed by atoms with Crippen LogP contribution in [0.1, 0.15) is 0 Å². The summed E-state index contributed by atoms with van der Waals surface area (Å²) in [4.78, 5) is 0.0943. The molecular weight excluding hydrogens is 303 g/mol. The standard InChI is InChI=1S/C13H12ClFN2O2S/c1-16-10-3-5-11(6-4-10)20(18,19)17-13-7-2-9(15)8-12(13)14/h2-8,16-17H,1H3. The van der Waals surface area contributed by atoms with Crippen molar-refractivity contribution in [1.29, 1.82) is 0 Å². The Morgan fingerprint density at radius 3 is 2.30 bits per heavy atom. The maximum absolute atomic E-state index is 12.9. The van der Waals surface area contributed by atoms with Crippen LogP contribution in [0.15, 0.2) is 47.4 Å². The number of nitrogens with one attached hydrogen (secondary N) is 2. The van der Waals surface area contributed by atoms with Gasteiger partial charge in [-0.05, 0) is 42.5 Å². The van der Waals surface area contributed by atoms with E-state index in [4.69, 9.17) is 11.6 Å². The van der Waals surface area contributed by atoms with Crippen LogP contribution in [0.5, 0.6) is 0 Å². The SMILES string of the molecule is CNc1ccc(S(=O)(=O)Nc2ccc(F)cc2Cl)cc1. The lowest BCUT2D eigenvalue weighted by molar-refractivity contribution is 0.601. The van der Waals surface area contributed by atoms with Gasteiger partial charge in [0, 0.05) is 12.7 Å². The topological polar surface area (TPSA) is 58.2 Å². The zero-order valence-electron chi connectivity index (χ0n) is 10.5. The second kappa shape index (κ2) is 5.68. The second-order valence-corrected chi connectivity index (χ2v) is 6.09. The van der Waals surface area contributed by atoms with E-state index in [1.165, 1.54) is 18.2 Å². The van der Waals surface area contributed by atoms with Crippen LogP contribution >= 0.6 is 11.6 Å². The maximum Gasteiger partial charge on any atom is 0.261 e. The van der Waals surface area contributed by atoms with Gasteiger partial charge in [-0.3, -0.25) is 4.72 Å². The first-order valence-electron chi connectivity index (χ1n) is 5.68. The van der Waals surface area contributed by atoms with E-state index in [1.807, 2.05) is 0 Å². The molecule has 0 unspecified atom stereocenters. The molecule has 2 rings (SSSR count). The largest absolute Gasteiger partial charge is 0.388 e. The van der Waals surface area contributed by atoms with Crippen LogP contribution in [0.4, 0.5) is 15.8 Å². The summed E-state index contributed by atoms with van der Waals surface area (Å²) in [5.74, 6) is -0.531. The molecule has 0 fully saturated rings. The Bertz CT molecular complexity index is 718. The molecule has 4 nitrogen and oxygen atoms in total. The number of halogens is 2. The minimum absolute atomic E-state index is 0.000389. The summed E-state index contributed by atoms with van der Waals surface area (Å²) in [5, 5.41) is 2.89. The normalized spacial score (nSPS) is 11.2. The molecule has 0 aliphatic carbocycles. The van der Waals surface area contributed by atoms with Gasteiger partial charge in [0.1, 0.15) is 5.82 Å². The number of anilines is 2. The van der Waals surface area contributed by atoms with Crippen molar-refractivity contribution < 1.29 is 12.8 Å². The molecular formula is C13H12ClFN2O2S. The van der Waals surface area contributed by atoms with Crippen molar-refractivity contribution in [2.75, 3.05) is 17.1 Å². The molecule has 0 atom stereocenters. The smallest absolute Gasteiger partial charge is 0.261 e. The number of benzene rings is 2. The Balaban J connectivity index is 2.30. The molecule has 0 heterocycles. The average Bonchev–Trinajstić information content (AvgIpc) is 2.42. The highest BCUT2D eigenvalue weighted by atomic mass is 35.5. The third kappa shape index (κ3) is 3.20. The van der Waals surface area contributed by atoms with Crippen LogP contribution in [-0.2, 0) is 10.0 Å². The number of rotatable bonds is 4. The molecule has 2 aromatic rings. The van der Waals surface area contributed by atoms with Gasteiger partial charge in [-0.1, -0.05) is 11.6 Å². The summed E-state index contributed by atoms with van der Waals surface area (Å²) in [7, 11) is -2.02. The molecule has 0 aliphatic heterocycles. The third-order valence-corrected chi connectivity index (χ3v) is 4.32. The molecule has 0 saturated carbocycles. The monoisotopic (exact) mass is 314 g/mol. The highest BCUT2D eigenvalue weighted by Crippen LogP contribution is 2.25. The van der Waals surface area contributed by atoms with Crippen LogP contribution in [-0.4, -0.2) is 15.5 Å². The van der Waals surface area contributed by atoms with E-state index in [0.717, 1.165) is 17.8 Å². The first-order valence-corrected chi connectivity index (χ1v) is 7.54. The molecule has 20 heavy (non-hydrogen) atoms. The molecule has 2 N–H and O–H groups in total. The van der Waals surface area contributed by atoms with Crippen molar-refractivity contribution in [1.82, 2.24) is 0 Å². The Labute approximate surface area is 121 Å². The predicted molar refractivity (Wildman–Crippen MR) is 78.2 cm³/mol. The summed E-state index contributed by atoms with van der Waals surface area (Å²) >= 11 is 5.79. The summed E-state index contributed by atoms with van der Waals surface area (Å²) in [5.41, 5.74) is 0.925. The maximum atomic E-state index is 12.9. The quantitative estimate of drug-likeness (QED) is 0.910. The molecule has 0 saturated heterocycles. The van der Waals surface area contributed by atoms with Gasteiger partial charge in [-0.15, -0.1) is 0 Å². The van der Waals surface area contributed by atoms with Crippen LogP contribution in [0.3, 0.4) is 0 Å². The lowest BCUT2D eigenvalue weighted by atomic mass is 10.3. The number of hydrogen-bond donors (Lipinski definition) is 2. The van der Waals surface area contributed by atoms with Gasteiger partial charge < -0.3 is 5.32 Å². The summed E-state index contributed by atoms with van der Waals surface area (Å²) in [6.45, 7) is 0. The van der Waals surface area contributed by atoms with E-state index < -0.39 is 15.8 Å². The Kier molecular flexibility index (Phi) is 4.15. The molecule has 0 amide bonds. The van der Waals surface area contributed by atoms with Crippen molar-refractivity contribution >= 4 is 33.0 Å². The number of hydrogen-bond acceptors (Lipinski definition) is 3. The van der Waals surface area contributed by atoms with Crippen LogP contribution in [0, 0.1) is 5.82 Å². The van der Waals surface area contributed by atoms with E-state index in [9.17, 15) is 12.8 Å². The zero-order chi connectivity index (χ0) is 14.8. The van der Waals surface area contributed by atoms with Gasteiger partial charge >= 0.3 is 0 Å². The van der Waals surface area contributed by atoms with Gasteiger partial charge in [-0.2, -0.15) is 0 Å². The van der Waals surface area contributed by atoms with E-state index in [0.29, 0.717) is 0 Å².